The number of thiophene rings is 1. The number of hydrogen-bond donors (Lipinski definition) is 0. The molecule has 0 amide bonds. The van der Waals surface area contributed by atoms with Gasteiger partial charge in [-0.25, -0.2) is 4.79 Å². The Balaban J connectivity index is 2.31. The molecule has 1 aromatic carbocycles. The van der Waals surface area contributed by atoms with E-state index in [1.54, 1.807) is 13.8 Å². The van der Waals surface area contributed by atoms with Crippen LogP contribution in [0.2, 0.25) is 0 Å². The lowest BCUT2D eigenvalue weighted by Crippen LogP contribution is -2.05. The number of nitriles is 2. The lowest BCUT2D eigenvalue weighted by Gasteiger charge is -2.00. The van der Waals surface area contributed by atoms with Gasteiger partial charge in [0.15, 0.2) is 5.78 Å². The third kappa shape index (κ3) is 4.92. The van der Waals surface area contributed by atoms with Gasteiger partial charge < -0.3 is 4.74 Å². The van der Waals surface area contributed by atoms with Gasteiger partial charge in [-0.15, -0.1) is 11.3 Å². The Morgan fingerprint density at radius 3 is 2.45 bits per heavy atom. The van der Waals surface area contributed by atoms with Crippen LogP contribution in [0.25, 0.3) is 6.08 Å². The minimum atomic E-state index is -0.563. The third-order valence-electron chi connectivity index (χ3n) is 3.95. The average Bonchev–Trinajstić information content (AvgIpc) is 3.01. The summed E-state index contributed by atoms with van der Waals surface area (Å²) in [4.78, 5) is 35.4. The van der Waals surface area contributed by atoms with Gasteiger partial charge >= 0.3 is 5.97 Å². The molecule has 0 bridgehead atoms. The van der Waals surface area contributed by atoms with Crippen LogP contribution in [0.3, 0.4) is 0 Å². The molecule has 9 heteroatoms. The normalized spacial score (nSPS) is 10.7. The van der Waals surface area contributed by atoms with Crippen LogP contribution in [0.15, 0.2) is 29.8 Å². The smallest absolute Gasteiger partial charge is 0.348 e. The van der Waals surface area contributed by atoms with Crippen LogP contribution in [-0.4, -0.2) is 23.3 Å². The van der Waals surface area contributed by atoms with Gasteiger partial charge in [0.2, 0.25) is 0 Å². The van der Waals surface area contributed by atoms with E-state index in [-0.39, 0.29) is 34.7 Å². The highest BCUT2D eigenvalue weighted by molar-refractivity contribution is 7.14. The maximum absolute atomic E-state index is 12.6. The summed E-state index contributed by atoms with van der Waals surface area (Å²) in [6, 6.07) is 9.21. The van der Waals surface area contributed by atoms with E-state index in [2.05, 4.69) is 0 Å². The highest BCUT2D eigenvalue weighted by atomic mass is 32.1. The van der Waals surface area contributed by atoms with Gasteiger partial charge in [0.05, 0.1) is 22.7 Å². The van der Waals surface area contributed by atoms with E-state index in [1.165, 1.54) is 30.3 Å². The summed E-state index contributed by atoms with van der Waals surface area (Å²) in [7, 11) is 0. The van der Waals surface area contributed by atoms with Crippen molar-refractivity contribution in [1.29, 1.82) is 10.5 Å². The molecule has 29 heavy (non-hydrogen) atoms. The van der Waals surface area contributed by atoms with Gasteiger partial charge in [0.1, 0.15) is 17.0 Å². The second kappa shape index (κ2) is 9.40. The number of nitro groups is 1. The molecule has 0 N–H and O–H groups in total. The maximum atomic E-state index is 12.6. The summed E-state index contributed by atoms with van der Waals surface area (Å²) in [5, 5.41) is 29.4. The molecule has 146 valence electrons. The van der Waals surface area contributed by atoms with Crippen molar-refractivity contribution >= 4 is 34.9 Å². The van der Waals surface area contributed by atoms with E-state index in [4.69, 9.17) is 4.74 Å². The fraction of sp³-hybridized carbons (Fsp3) is 0.200. The molecule has 0 spiro atoms. The monoisotopic (exact) mass is 409 g/mol. The second-order valence-corrected chi connectivity index (χ2v) is 6.91. The fourth-order valence-electron chi connectivity index (χ4n) is 2.51. The number of rotatable bonds is 7. The number of benzene rings is 1. The Kier molecular flexibility index (Phi) is 6.96. The van der Waals surface area contributed by atoms with Crippen LogP contribution >= 0.6 is 11.3 Å². The molecule has 0 aliphatic heterocycles. The Morgan fingerprint density at radius 2 is 1.93 bits per heavy atom. The van der Waals surface area contributed by atoms with E-state index in [0.29, 0.717) is 16.0 Å². The topological polar surface area (TPSA) is 134 Å². The van der Waals surface area contributed by atoms with Crippen molar-refractivity contribution in [1.82, 2.24) is 0 Å². The van der Waals surface area contributed by atoms with Crippen LogP contribution in [0.5, 0.6) is 0 Å². The molecule has 0 unspecified atom stereocenters. The van der Waals surface area contributed by atoms with Crippen molar-refractivity contribution in [2.24, 2.45) is 0 Å². The third-order valence-corrected chi connectivity index (χ3v) is 5.22. The zero-order valence-corrected chi connectivity index (χ0v) is 16.4. The molecule has 0 aliphatic rings. The number of non-ortho nitro benzene ring substituents is 1. The molecule has 0 saturated heterocycles. The molecule has 8 nitrogen and oxygen atoms in total. The van der Waals surface area contributed by atoms with E-state index in [1.807, 2.05) is 12.1 Å². The molecule has 0 radical (unpaired) electrons. The highest BCUT2D eigenvalue weighted by Crippen LogP contribution is 2.29. The standard InChI is InChI=1S/C20H15N3O5S/c1-3-28-20(25)19-12(2)16(11-22)18(29-19)9-17(24)14(10-21)8-13-4-6-15(7-5-13)23(26)27/h4-8H,3,9H2,1-2H3/b14-8+. The summed E-state index contributed by atoms with van der Waals surface area (Å²) in [5.74, 6) is -1.09. The number of nitrogens with zero attached hydrogens (tertiary/aromatic N) is 3. The molecule has 2 rings (SSSR count). The number of ether oxygens (including phenoxy) is 1. The summed E-state index contributed by atoms with van der Waals surface area (Å²) < 4.78 is 4.97. The summed E-state index contributed by atoms with van der Waals surface area (Å²) >= 11 is 0.997. The van der Waals surface area contributed by atoms with E-state index in [9.17, 15) is 30.2 Å². The SMILES string of the molecule is CCOC(=O)c1sc(CC(=O)/C(C#N)=C/c2ccc([N+](=O)[O-])cc2)c(C#N)c1C. The number of carbonyl (C=O) groups is 2. The fourth-order valence-corrected chi connectivity index (χ4v) is 3.66. The number of nitro benzene ring substituents is 1. The van der Waals surface area contributed by atoms with Crippen molar-refractivity contribution in [2.75, 3.05) is 6.61 Å². The Hall–Kier alpha value is -3.82. The largest absolute Gasteiger partial charge is 0.462 e. The predicted molar refractivity (Wildman–Crippen MR) is 105 cm³/mol. The zero-order chi connectivity index (χ0) is 21.6. The van der Waals surface area contributed by atoms with Crippen molar-refractivity contribution in [3.63, 3.8) is 0 Å². The van der Waals surface area contributed by atoms with E-state index < -0.39 is 16.7 Å². The van der Waals surface area contributed by atoms with Gasteiger partial charge in [0, 0.05) is 23.4 Å². The number of ketones is 1. The molecular weight excluding hydrogens is 394 g/mol. The van der Waals surface area contributed by atoms with Gasteiger partial charge in [0.25, 0.3) is 5.69 Å². The minimum absolute atomic E-state index is 0.105. The molecule has 1 aromatic heterocycles. The van der Waals surface area contributed by atoms with Gasteiger partial charge in [-0.05, 0) is 43.2 Å². The highest BCUT2D eigenvalue weighted by Gasteiger charge is 2.23. The summed E-state index contributed by atoms with van der Waals surface area (Å²) in [6.07, 6.45) is 1.10. The first-order chi connectivity index (χ1) is 13.8. The van der Waals surface area contributed by atoms with Crippen molar-refractivity contribution in [2.45, 2.75) is 20.3 Å². The Bertz CT molecular complexity index is 1090. The Labute approximate surface area is 170 Å². The first-order valence-electron chi connectivity index (χ1n) is 8.41. The average molecular weight is 409 g/mol. The number of Topliss-reactive ketones (excluding diaryl/α,β-unsaturated/α-hetero) is 1. The molecule has 0 aliphatic carbocycles. The molecule has 0 fully saturated rings. The first-order valence-corrected chi connectivity index (χ1v) is 9.22. The number of hydrogen-bond acceptors (Lipinski definition) is 8. The van der Waals surface area contributed by atoms with E-state index >= 15 is 0 Å². The van der Waals surface area contributed by atoms with Crippen molar-refractivity contribution in [3.05, 3.63) is 66.4 Å². The predicted octanol–water partition coefficient (Wildman–Crippen LogP) is 3.73. The first kappa shape index (κ1) is 21.5. The second-order valence-electron chi connectivity index (χ2n) is 5.81. The van der Waals surface area contributed by atoms with Crippen LogP contribution in [0, 0.1) is 39.7 Å². The molecule has 0 atom stereocenters. The van der Waals surface area contributed by atoms with Crippen molar-refractivity contribution in [3.8, 4) is 12.1 Å². The molecule has 1 heterocycles. The lowest BCUT2D eigenvalue weighted by atomic mass is 10.0. The van der Waals surface area contributed by atoms with Crippen LogP contribution in [-0.2, 0) is 16.0 Å². The lowest BCUT2D eigenvalue weighted by molar-refractivity contribution is -0.384. The maximum Gasteiger partial charge on any atom is 0.348 e. The zero-order valence-electron chi connectivity index (χ0n) is 15.6. The number of esters is 1. The number of allylic oxidation sites excluding steroid dienone is 1. The summed E-state index contributed by atoms with van der Waals surface area (Å²) in [5.41, 5.74) is 0.851. The van der Waals surface area contributed by atoms with Crippen LogP contribution in [0.4, 0.5) is 5.69 Å². The van der Waals surface area contributed by atoms with Crippen molar-refractivity contribution < 1.29 is 19.2 Å². The van der Waals surface area contributed by atoms with E-state index in [0.717, 1.165) is 11.3 Å². The molecule has 0 saturated carbocycles. The van der Waals surface area contributed by atoms with Gasteiger partial charge in [-0.2, -0.15) is 10.5 Å². The quantitative estimate of drug-likeness (QED) is 0.223. The van der Waals surface area contributed by atoms with Gasteiger partial charge in [-0.1, -0.05) is 0 Å². The minimum Gasteiger partial charge on any atom is -0.462 e. The molecular formula is C20H15N3O5S. The number of carbonyl (C=O) groups excluding carboxylic acids is 2. The van der Waals surface area contributed by atoms with Crippen LogP contribution < -0.4 is 0 Å². The summed E-state index contributed by atoms with van der Waals surface area (Å²) in [6.45, 7) is 3.45. The molecule has 2 aromatic rings. The van der Waals surface area contributed by atoms with Gasteiger partial charge in [-0.3, -0.25) is 14.9 Å². The Morgan fingerprint density at radius 1 is 1.28 bits per heavy atom. The van der Waals surface area contributed by atoms with Crippen LogP contribution in [0.1, 0.15) is 38.2 Å².